The van der Waals surface area contributed by atoms with E-state index in [4.69, 9.17) is 17.3 Å². The van der Waals surface area contributed by atoms with E-state index < -0.39 is 0 Å². The molecule has 0 unspecified atom stereocenters. The highest BCUT2D eigenvalue weighted by atomic mass is 35.5. The monoisotopic (exact) mass is 226 g/mol. The first-order chi connectivity index (χ1) is 6.94. The van der Waals surface area contributed by atoms with Crippen molar-refractivity contribution in [1.29, 1.82) is 0 Å². The molecule has 0 atom stereocenters. The van der Waals surface area contributed by atoms with Gasteiger partial charge in [0.1, 0.15) is 0 Å². The summed E-state index contributed by atoms with van der Waals surface area (Å²) in [4.78, 5) is 0. The molecule has 0 aromatic heterocycles. The molecule has 0 bridgehead atoms. The molecule has 0 aliphatic rings. The fourth-order valence-electron chi connectivity index (χ4n) is 1.52. The molecule has 1 aromatic carbocycles. The molecule has 0 amide bonds. The van der Waals surface area contributed by atoms with Crippen LogP contribution in [0.4, 0.5) is 5.69 Å². The van der Waals surface area contributed by atoms with Crippen LogP contribution in [0, 0.1) is 6.92 Å². The van der Waals surface area contributed by atoms with Gasteiger partial charge in [-0.1, -0.05) is 17.7 Å². The Morgan fingerprint density at radius 1 is 1.40 bits per heavy atom. The Morgan fingerprint density at radius 3 is 2.67 bits per heavy atom. The molecule has 0 fully saturated rings. The minimum atomic E-state index is 0.00416. The quantitative estimate of drug-likeness (QED) is 0.828. The minimum Gasteiger partial charge on any atom is -0.380 e. The van der Waals surface area contributed by atoms with Crippen LogP contribution in [0.1, 0.15) is 25.8 Å². The summed E-state index contributed by atoms with van der Waals surface area (Å²) < 4.78 is 0. The molecular formula is C12H19ClN2. The minimum absolute atomic E-state index is 0.00416. The van der Waals surface area contributed by atoms with Gasteiger partial charge in [0.2, 0.25) is 0 Å². The summed E-state index contributed by atoms with van der Waals surface area (Å²) in [5, 5.41) is 4.22. The number of anilines is 1. The zero-order chi connectivity index (χ0) is 11.5. The Morgan fingerprint density at radius 2 is 2.07 bits per heavy atom. The van der Waals surface area contributed by atoms with E-state index in [9.17, 15) is 0 Å². The molecule has 0 aliphatic carbocycles. The summed E-state index contributed by atoms with van der Waals surface area (Å²) in [6, 6.07) is 5.87. The van der Waals surface area contributed by atoms with Crippen LogP contribution in [0.15, 0.2) is 18.2 Å². The second-order valence-electron chi connectivity index (χ2n) is 4.51. The van der Waals surface area contributed by atoms with Crippen molar-refractivity contribution < 1.29 is 0 Å². The second kappa shape index (κ2) is 4.86. The number of nitrogens with one attached hydrogen (secondary N) is 1. The van der Waals surface area contributed by atoms with E-state index in [1.807, 2.05) is 18.2 Å². The van der Waals surface area contributed by atoms with E-state index in [2.05, 4.69) is 26.1 Å². The van der Waals surface area contributed by atoms with Crippen LogP contribution in [-0.2, 0) is 0 Å². The molecule has 0 heterocycles. The van der Waals surface area contributed by atoms with Crippen molar-refractivity contribution in [1.82, 2.24) is 0 Å². The van der Waals surface area contributed by atoms with E-state index in [1.165, 1.54) is 5.56 Å². The third-order valence-corrected chi connectivity index (χ3v) is 2.68. The standard InChI is InChI=1S/C12H19ClN2/c1-9-4-5-10(13)8-11(9)15-12(2,3)6-7-14/h4-5,8,15H,6-7,14H2,1-3H3. The first-order valence-electron chi connectivity index (χ1n) is 5.19. The lowest BCUT2D eigenvalue weighted by atomic mass is 9.99. The van der Waals surface area contributed by atoms with Crippen LogP contribution in [-0.4, -0.2) is 12.1 Å². The molecule has 1 aromatic rings. The molecule has 0 saturated carbocycles. The average molecular weight is 227 g/mol. The van der Waals surface area contributed by atoms with Gasteiger partial charge in [-0.2, -0.15) is 0 Å². The Hall–Kier alpha value is -0.730. The third-order valence-electron chi connectivity index (χ3n) is 2.44. The SMILES string of the molecule is Cc1ccc(Cl)cc1NC(C)(C)CCN. The van der Waals surface area contributed by atoms with Crippen LogP contribution in [0.2, 0.25) is 5.02 Å². The molecule has 3 heteroatoms. The van der Waals surface area contributed by atoms with Crippen LogP contribution in [0.25, 0.3) is 0 Å². The molecule has 0 saturated heterocycles. The maximum absolute atomic E-state index is 5.96. The van der Waals surface area contributed by atoms with Crippen molar-refractivity contribution in [2.75, 3.05) is 11.9 Å². The van der Waals surface area contributed by atoms with Crippen molar-refractivity contribution in [2.24, 2.45) is 5.73 Å². The van der Waals surface area contributed by atoms with Crippen LogP contribution < -0.4 is 11.1 Å². The zero-order valence-electron chi connectivity index (χ0n) is 9.60. The first kappa shape index (κ1) is 12.3. The van der Waals surface area contributed by atoms with Gasteiger partial charge in [0.15, 0.2) is 0 Å². The third kappa shape index (κ3) is 3.73. The molecule has 0 aliphatic heterocycles. The summed E-state index contributed by atoms with van der Waals surface area (Å²) in [6.45, 7) is 7.03. The maximum atomic E-state index is 5.96. The molecule has 0 spiro atoms. The van der Waals surface area contributed by atoms with Gasteiger partial charge in [0, 0.05) is 16.2 Å². The maximum Gasteiger partial charge on any atom is 0.0426 e. The van der Waals surface area contributed by atoms with E-state index in [-0.39, 0.29) is 5.54 Å². The van der Waals surface area contributed by atoms with Crippen LogP contribution in [0.5, 0.6) is 0 Å². The van der Waals surface area contributed by atoms with Gasteiger partial charge in [-0.15, -0.1) is 0 Å². The average Bonchev–Trinajstić information content (AvgIpc) is 2.10. The second-order valence-corrected chi connectivity index (χ2v) is 4.94. The van der Waals surface area contributed by atoms with Crippen LogP contribution in [0.3, 0.4) is 0 Å². The van der Waals surface area contributed by atoms with Gasteiger partial charge in [0.05, 0.1) is 0 Å². The summed E-state index contributed by atoms with van der Waals surface area (Å²) in [5.41, 5.74) is 7.86. The molecule has 1 rings (SSSR count). The predicted molar refractivity (Wildman–Crippen MR) is 67.6 cm³/mol. The van der Waals surface area contributed by atoms with Gasteiger partial charge < -0.3 is 11.1 Å². The summed E-state index contributed by atoms with van der Waals surface area (Å²) in [7, 11) is 0. The highest BCUT2D eigenvalue weighted by Gasteiger charge is 2.16. The number of benzene rings is 1. The molecule has 2 nitrogen and oxygen atoms in total. The van der Waals surface area contributed by atoms with Gasteiger partial charge >= 0.3 is 0 Å². The van der Waals surface area contributed by atoms with E-state index in [1.54, 1.807) is 0 Å². The van der Waals surface area contributed by atoms with Crippen molar-refractivity contribution >= 4 is 17.3 Å². The summed E-state index contributed by atoms with van der Waals surface area (Å²) >= 11 is 5.96. The number of rotatable bonds is 4. The number of halogens is 1. The first-order valence-corrected chi connectivity index (χ1v) is 5.57. The fraction of sp³-hybridized carbons (Fsp3) is 0.500. The van der Waals surface area contributed by atoms with Crippen molar-refractivity contribution in [3.05, 3.63) is 28.8 Å². The number of nitrogens with two attached hydrogens (primary N) is 1. The van der Waals surface area contributed by atoms with Gasteiger partial charge in [-0.3, -0.25) is 0 Å². The molecular weight excluding hydrogens is 208 g/mol. The highest BCUT2D eigenvalue weighted by molar-refractivity contribution is 6.30. The van der Waals surface area contributed by atoms with Crippen LogP contribution >= 0.6 is 11.6 Å². The van der Waals surface area contributed by atoms with Gasteiger partial charge in [0.25, 0.3) is 0 Å². The lowest BCUT2D eigenvalue weighted by Crippen LogP contribution is -2.33. The smallest absolute Gasteiger partial charge is 0.0426 e. The Bertz CT molecular complexity index is 334. The largest absolute Gasteiger partial charge is 0.380 e. The van der Waals surface area contributed by atoms with E-state index in [0.717, 1.165) is 17.1 Å². The molecule has 15 heavy (non-hydrogen) atoms. The lowest BCUT2D eigenvalue weighted by Gasteiger charge is -2.28. The molecule has 0 radical (unpaired) electrons. The Balaban J connectivity index is 2.83. The Labute approximate surface area is 96.8 Å². The van der Waals surface area contributed by atoms with Gasteiger partial charge in [-0.05, 0) is 51.4 Å². The topological polar surface area (TPSA) is 38.0 Å². The van der Waals surface area contributed by atoms with E-state index in [0.29, 0.717) is 6.54 Å². The van der Waals surface area contributed by atoms with Crippen molar-refractivity contribution in [3.8, 4) is 0 Å². The number of hydrogen-bond acceptors (Lipinski definition) is 2. The van der Waals surface area contributed by atoms with Gasteiger partial charge in [-0.25, -0.2) is 0 Å². The number of aryl methyl sites for hydroxylation is 1. The van der Waals surface area contributed by atoms with Crippen molar-refractivity contribution in [2.45, 2.75) is 32.7 Å². The molecule has 3 N–H and O–H groups in total. The fourth-order valence-corrected chi connectivity index (χ4v) is 1.69. The predicted octanol–water partition coefficient (Wildman–Crippen LogP) is 3.19. The zero-order valence-corrected chi connectivity index (χ0v) is 10.4. The Kier molecular flexibility index (Phi) is 4.00. The molecule has 84 valence electrons. The highest BCUT2D eigenvalue weighted by Crippen LogP contribution is 2.24. The van der Waals surface area contributed by atoms with Crippen molar-refractivity contribution in [3.63, 3.8) is 0 Å². The normalized spacial score (nSPS) is 11.5. The summed E-state index contributed by atoms with van der Waals surface area (Å²) in [5.74, 6) is 0. The van der Waals surface area contributed by atoms with E-state index >= 15 is 0 Å². The summed E-state index contributed by atoms with van der Waals surface area (Å²) in [6.07, 6.45) is 0.930. The number of hydrogen-bond donors (Lipinski definition) is 2. The lowest BCUT2D eigenvalue weighted by molar-refractivity contribution is 0.526.